The molecule has 0 heterocycles. The Morgan fingerprint density at radius 2 is 1.11 bits per heavy atom. The minimum atomic E-state index is 0.0181. The predicted octanol–water partition coefficient (Wildman–Crippen LogP) is 11.3. The summed E-state index contributed by atoms with van der Waals surface area (Å²) in [5.41, 5.74) is 1.50. The van der Waals surface area contributed by atoms with Crippen molar-refractivity contribution in [2.75, 3.05) is 7.11 Å². The van der Waals surface area contributed by atoms with Crippen LogP contribution < -0.4 is 23.7 Å². The van der Waals surface area contributed by atoms with Crippen LogP contribution in [0.2, 0.25) is 0 Å². The molecule has 0 spiro atoms. The second-order valence-electron chi connectivity index (χ2n) is 12.4. The van der Waals surface area contributed by atoms with Gasteiger partial charge in [0.15, 0.2) is 28.8 Å². The van der Waals surface area contributed by atoms with Gasteiger partial charge in [-0.2, -0.15) is 0 Å². The molecular formula is C40H64O6. The summed E-state index contributed by atoms with van der Waals surface area (Å²) in [6.45, 7) is 17.2. The first-order valence-corrected chi connectivity index (χ1v) is 18.4. The van der Waals surface area contributed by atoms with Gasteiger partial charge in [-0.3, -0.25) is 4.79 Å². The quantitative estimate of drug-likeness (QED) is 0.101. The van der Waals surface area contributed by atoms with Gasteiger partial charge >= 0.3 is 0 Å². The fraction of sp³-hybridized carbons (Fsp3) is 0.675. The number of carbonyl (C=O) groups is 1. The van der Waals surface area contributed by atoms with Crippen molar-refractivity contribution < 1.29 is 28.5 Å². The van der Waals surface area contributed by atoms with Crippen LogP contribution in [0.15, 0.2) is 30.3 Å². The topological polar surface area (TPSA) is 63.2 Å². The lowest BCUT2D eigenvalue weighted by Gasteiger charge is -2.25. The van der Waals surface area contributed by atoms with Crippen molar-refractivity contribution in [1.82, 2.24) is 0 Å². The third-order valence-corrected chi connectivity index (χ3v) is 8.66. The van der Waals surface area contributed by atoms with Gasteiger partial charge in [0.25, 0.3) is 0 Å². The van der Waals surface area contributed by atoms with Crippen molar-refractivity contribution in [3.8, 4) is 28.7 Å². The first-order valence-electron chi connectivity index (χ1n) is 18.4. The Morgan fingerprint density at radius 3 is 1.61 bits per heavy atom. The molecule has 0 saturated carbocycles. The third-order valence-electron chi connectivity index (χ3n) is 8.66. The third kappa shape index (κ3) is 12.0. The summed E-state index contributed by atoms with van der Waals surface area (Å²) in [7, 11) is 1.67. The number of Topliss-reactive ketones (excluding diaryl/α,β-unsaturated/α-hetero) is 1. The Labute approximate surface area is 280 Å². The standard InChI is InChI=1S/C40H64O6/c1-10-19-30(14-5)43-34-27-29(39(38(28-34)42-9)45-32(16-7)21-12-3)25-26-36(41)35-23-18-24-37(44-31(15-6)20-11-2)40(35)46-33(17-8)22-13-4/h18,23-24,27-28,30-33H,10-17,19-22,25-26H2,1-9H3. The lowest BCUT2D eigenvalue weighted by atomic mass is 10.00. The Morgan fingerprint density at radius 1 is 0.609 bits per heavy atom. The highest BCUT2D eigenvalue weighted by Crippen LogP contribution is 2.40. The first kappa shape index (κ1) is 39.3. The summed E-state index contributed by atoms with van der Waals surface area (Å²) in [5, 5.41) is 0. The molecular weight excluding hydrogens is 576 g/mol. The summed E-state index contributed by atoms with van der Waals surface area (Å²) >= 11 is 0. The average molecular weight is 641 g/mol. The van der Waals surface area contributed by atoms with Gasteiger partial charge in [0, 0.05) is 18.1 Å². The fourth-order valence-corrected chi connectivity index (χ4v) is 5.88. The molecule has 0 amide bonds. The molecule has 2 aromatic rings. The van der Waals surface area contributed by atoms with Gasteiger partial charge in [-0.05, 0) is 76.0 Å². The fourth-order valence-electron chi connectivity index (χ4n) is 5.88. The van der Waals surface area contributed by atoms with Crippen molar-refractivity contribution in [3.63, 3.8) is 0 Å². The summed E-state index contributed by atoms with van der Waals surface area (Å²) < 4.78 is 32.0. The Balaban J connectivity index is 2.52. The minimum absolute atomic E-state index is 0.0181. The SMILES string of the molecule is CCCC(CC)Oc1cc(CCC(=O)c2cccc(OC(CC)CCC)c2OC(CC)CCC)c(OC(CC)CCC)c(OC)c1. The summed E-state index contributed by atoms with van der Waals surface area (Å²) in [6.07, 6.45) is 12.6. The van der Waals surface area contributed by atoms with Crippen LogP contribution in [0.1, 0.15) is 155 Å². The van der Waals surface area contributed by atoms with Crippen LogP contribution in [-0.2, 0) is 6.42 Å². The van der Waals surface area contributed by atoms with Gasteiger partial charge in [-0.25, -0.2) is 0 Å². The number of aryl methyl sites for hydroxylation is 1. The van der Waals surface area contributed by atoms with E-state index in [9.17, 15) is 4.79 Å². The Bertz CT molecular complexity index is 1140. The Hall–Kier alpha value is -2.89. The van der Waals surface area contributed by atoms with Crippen LogP contribution in [0.5, 0.6) is 28.7 Å². The molecule has 2 aromatic carbocycles. The van der Waals surface area contributed by atoms with Gasteiger partial charge in [0.2, 0.25) is 0 Å². The summed E-state index contributed by atoms with van der Waals surface area (Å²) in [5.74, 6) is 3.36. The van der Waals surface area contributed by atoms with Crippen LogP contribution in [0.4, 0.5) is 0 Å². The maximum absolute atomic E-state index is 14.1. The number of hydrogen-bond donors (Lipinski definition) is 0. The molecule has 260 valence electrons. The number of methoxy groups -OCH3 is 1. The molecule has 0 fully saturated rings. The van der Waals surface area contributed by atoms with Crippen LogP contribution in [0, 0.1) is 0 Å². The average Bonchev–Trinajstić information content (AvgIpc) is 3.07. The van der Waals surface area contributed by atoms with Gasteiger partial charge < -0.3 is 23.7 Å². The number of rotatable bonds is 25. The van der Waals surface area contributed by atoms with Crippen molar-refractivity contribution in [1.29, 1.82) is 0 Å². The zero-order valence-electron chi connectivity index (χ0n) is 30.5. The van der Waals surface area contributed by atoms with E-state index in [0.29, 0.717) is 35.0 Å². The smallest absolute Gasteiger partial charge is 0.172 e. The largest absolute Gasteiger partial charge is 0.493 e. The maximum atomic E-state index is 14.1. The molecule has 0 bridgehead atoms. The van der Waals surface area contributed by atoms with E-state index in [0.717, 1.165) is 88.4 Å². The van der Waals surface area contributed by atoms with Crippen molar-refractivity contribution in [2.45, 2.75) is 170 Å². The van der Waals surface area contributed by atoms with E-state index < -0.39 is 0 Å². The molecule has 6 nitrogen and oxygen atoms in total. The van der Waals surface area contributed by atoms with E-state index in [4.69, 9.17) is 23.7 Å². The van der Waals surface area contributed by atoms with Crippen LogP contribution in [0.3, 0.4) is 0 Å². The molecule has 0 aliphatic carbocycles. The molecule has 0 aliphatic heterocycles. The van der Waals surface area contributed by atoms with E-state index in [1.807, 2.05) is 30.3 Å². The first-order chi connectivity index (χ1) is 22.3. The van der Waals surface area contributed by atoms with E-state index in [-0.39, 0.29) is 36.6 Å². The van der Waals surface area contributed by atoms with Gasteiger partial charge in [0.1, 0.15) is 5.75 Å². The molecule has 0 radical (unpaired) electrons. The molecule has 0 aromatic heterocycles. The second kappa shape index (κ2) is 21.8. The van der Waals surface area contributed by atoms with Crippen LogP contribution in [0.25, 0.3) is 0 Å². The number of carbonyl (C=O) groups excluding carboxylic acids is 1. The highest BCUT2D eigenvalue weighted by molar-refractivity contribution is 5.99. The van der Waals surface area contributed by atoms with E-state index >= 15 is 0 Å². The molecule has 0 saturated heterocycles. The molecule has 0 N–H and O–H groups in total. The normalized spacial score (nSPS) is 13.8. The second-order valence-corrected chi connectivity index (χ2v) is 12.4. The highest BCUT2D eigenvalue weighted by atomic mass is 16.5. The molecule has 4 atom stereocenters. The summed E-state index contributed by atoms with van der Waals surface area (Å²) in [4.78, 5) is 14.1. The van der Waals surface area contributed by atoms with Crippen molar-refractivity contribution >= 4 is 5.78 Å². The van der Waals surface area contributed by atoms with E-state index in [1.54, 1.807) is 7.11 Å². The minimum Gasteiger partial charge on any atom is -0.493 e. The number of benzene rings is 2. The zero-order chi connectivity index (χ0) is 33.9. The zero-order valence-corrected chi connectivity index (χ0v) is 30.5. The van der Waals surface area contributed by atoms with Crippen LogP contribution in [-0.4, -0.2) is 37.3 Å². The molecule has 0 aliphatic rings. The number of hydrogen-bond acceptors (Lipinski definition) is 6. The van der Waals surface area contributed by atoms with Gasteiger partial charge in [0.05, 0.1) is 37.1 Å². The van der Waals surface area contributed by atoms with Gasteiger partial charge in [-0.15, -0.1) is 0 Å². The molecule has 4 unspecified atom stereocenters. The van der Waals surface area contributed by atoms with Crippen molar-refractivity contribution in [3.05, 3.63) is 41.5 Å². The number of ketones is 1. The maximum Gasteiger partial charge on any atom is 0.172 e. The highest BCUT2D eigenvalue weighted by Gasteiger charge is 2.24. The molecule has 46 heavy (non-hydrogen) atoms. The monoisotopic (exact) mass is 640 g/mol. The Kier molecular flexibility index (Phi) is 18.6. The number of para-hydroxylation sites is 1. The van der Waals surface area contributed by atoms with Crippen molar-refractivity contribution in [2.24, 2.45) is 0 Å². The predicted molar refractivity (Wildman–Crippen MR) is 191 cm³/mol. The molecule has 2 rings (SSSR count). The lowest BCUT2D eigenvalue weighted by Crippen LogP contribution is -2.20. The van der Waals surface area contributed by atoms with E-state index in [2.05, 4.69) is 55.4 Å². The summed E-state index contributed by atoms with van der Waals surface area (Å²) in [6, 6.07) is 9.72. The number of ether oxygens (including phenoxy) is 5. The van der Waals surface area contributed by atoms with Crippen LogP contribution >= 0.6 is 0 Å². The van der Waals surface area contributed by atoms with Gasteiger partial charge in [-0.1, -0.05) is 87.1 Å². The van der Waals surface area contributed by atoms with E-state index in [1.165, 1.54) is 0 Å². The lowest BCUT2D eigenvalue weighted by molar-refractivity contribution is 0.0968. The molecule has 6 heteroatoms.